The summed E-state index contributed by atoms with van der Waals surface area (Å²) in [6, 6.07) is 0. The van der Waals surface area contributed by atoms with Crippen LogP contribution in [-0.4, -0.2) is 23.3 Å². The minimum atomic E-state index is -0.147. The van der Waals surface area contributed by atoms with Crippen molar-refractivity contribution in [1.29, 1.82) is 0 Å². The van der Waals surface area contributed by atoms with Gasteiger partial charge >= 0.3 is 5.97 Å². The maximum absolute atomic E-state index is 11.3. The van der Waals surface area contributed by atoms with E-state index in [4.69, 9.17) is 4.74 Å². The van der Waals surface area contributed by atoms with Gasteiger partial charge in [-0.25, -0.2) is 0 Å². The van der Waals surface area contributed by atoms with Crippen molar-refractivity contribution in [2.45, 2.75) is 84.3 Å². The van der Waals surface area contributed by atoms with Crippen molar-refractivity contribution in [3.05, 3.63) is 11.6 Å². The van der Waals surface area contributed by atoms with Crippen molar-refractivity contribution in [3.8, 4) is 0 Å². The van der Waals surface area contributed by atoms with Gasteiger partial charge in [0.15, 0.2) is 0 Å². The molecular formula is C21H32O3. The summed E-state index contributed by atoms with van der Waals surface area (Å²) in [6.07, 6.45) is 11.3. The molecule has 3 saturated carbocycles. The highest BCUT2D eigenvalue weighted by Crippen LogP contribution is 2.64. The topological polar surface area (TPSA) is 46.5 Å². The molecule has 0 heterocycles. The van der Waals surface area contributed by atoms with Crippen molar-refractivity contribution in [2.24, 2.45) is 28.6 Å². The van der Waals surface area contributed by atoms with Crippen LogP contribution in [-0.2, 0) is 9.53 Å². The quantitative estimate of drug-likeness (QED) is 0.577. The minimum Gasteiger partial charge on any atom is -0.462 e. The highest BCUT2D eigenvalue weighted by Gasteiger charge is 2.58. The monoisotopic (exact) mass is 332 g/mol. The molecule has 0 aromatic rings. The first kappa shape index (κ1) is 16.6. The fourth-order valence-corrected chi connectivity index (χ4v) is 6.94. The summed E-state index contributed by atoms with van der Waals surface area (Å²) in [5.41, 5.74) is 1.98. The van der Waals surface area contributed by atoms with E-state index in [1.165, 1.54) is 26.2 Å². The van der Waals surface area contributed by atoms with Crippen molar-refractivity contribution < 1.29 is 14.6 Å². The van der Waals surface area contributed by atoms with E-state index in [1.54, 1.807) is 5.57 Å². The number of fused-ring (bicyclic) bond motifs is 5. The number of allylic oxidation sites excluding steroid dienone is 1. The molecule has 0 saturated heterocycles. The fourth-order valence-electron chi connectivity index (χ4n) is 6.94. The van der Waals surface area contributed by atoms with E-state index >= 15 is 0 Å². The standard InChI is InChI=1S/C21H32O3/c1-13(22)24-15-8-10-20(2)14(12-15)4-5-16-17-6-7-19(23)21(17,3)11-9-18(16)20/h4,15-19,23H,5-12H2,1-3H3/t15?,16-,17-,18-,19-,20-,21-/m0/s1. The number of hydrogen-bond donors (Lipinski definition) is 1. The van der Waals surface area contributed by atoms with E-state index in [1.807, 2.05) is 0 Å². The van der Waals surface area contributed by atoms with Gasteiger partial charge in [-0.2, -0.15) is 0 Å². The molecule has 0 radical (unpaired) electrons. The molecule has 4 aliphatic rings. The zero-order chi connectivity index (χ0) is 17.1. The van der Waals surface area contributed by atoms with Crippen LogP contribution < -0.4 is 0 Å². The Balaban J connectivity index is 1.59. The first-order valence-corrected chi connectivity index (χ1v) is 9.89. The third kappa shape index (κ3) is 2.30. The van der Waals surface area contributed by atoms with Gasteiger partial charge in [0, 0.05) is 13.3 Å². The molecular weight excluding hydrogens is 300 g/mol. The SMILES string of the molecule is CC(=O)OC1CC[C@@]2(C)C(=CC[C@H]3[C@@H]4CC[C@H](O)[C@@]4(C)CC[C@@H]32)C1. The van der Waals surface area contributed by atoms with E-state index < -0.39 is 0 Å². The molecule has 4 aliphatic carbocycles. The number of carbonyl (C=O) groups is 1. The van der Waals surface area contributed by atoms with Crippen LogP contribution in [0.25, 0.3) is 0 Å². The molecule has 7 atom stereocenters. The van der Waals surface area contributed by atoms with Crippen LogP contribution in [0.3, 0.4) is 0 Å². The van der Waals surface area contributed by atoms with Crippen LogP contribution in [0.1, 0.15) is 72.1 Å². The molecule has 24 heavy (non-hydrogen) atoms. The van der Waals surface area contributed by atoms with Gasteiger partial charge in [-0.3, -0.25) is 4.79 Å². The van der Waals surface area contributed by atoms with Gasteiger partial charge in [0.05, 0.1) is 6.10 Å². The predicted octanol–water partition coefficient (Wildman–Crippen LogP) is 4.24. The molecule has 1 unspecified atom stereocenters. The second-order valence-corrected chi connectivity index (χ2v) is 9.37. The second kappa shape index (κ2) is 5.59. The Morgan fingerprint density at radius 3 is 2.71 bits per heavy atom. The van der Waals surface area contributed by atoms with Crippen molar-refractivity contribution in [2.75, 3.05) is 0 Å². The summed E-state index contributed by atoms with van der Waals surface area (Å²) in [7, 11) is 0. The van der Waals surface area contributed by atoms with Gasteiger partial charge in [-0.05, 0) is 73.5 Å². The molecule has 0 aromatic carbocycles. The van der Waals surface area contributed by atoms with Crippen molar-refractivity contribution >= 4 is 5.97 Å². The van der Waals surface area contributed by atoms with Crippen molar-refractivity contribution in [1.82, 2.24) is 0 Å². The maximum atomic E-state index is 11.3. The Morgan fingerprint density at radius 2 is 1.96 bits per heavy atom. The number of rotatable bonds is 1. The maximum Gasteiger partial charge on any atom is 0.302 e. The van der Waals surface area contributed by atoms with Crippen LogP contribution in [0.4, 0.5) is 0 Å². The first-order chi connectivity index (χ1) is 11.3. The lowest BCUT2D eigenvalue weighted by molar-refractivity contribution is -0.148. The predicted molar refractivity (Wildman–Crippen MR) is 93.3 cm³/mol. The van der Waals surface area contributed by atoms with E-state index in [0.29, 0.717) is 5.92 Å². The molecule has 0 bridgehead atoms. The summed E-state index contributed by atoms with van der Waals surface area (Å²) < 4.78 is 5.51. The lowest BCUT2D eigenvalue weighted by atomic mass is 9.48. The number of hydrogen-bond acceptors (Lipinski definition) is 3. The fraction of sp³-hybridized carbons (Fsp3) is 0.857. The first-order valence-electron chi connectivity index (χ1n) is 9.89. The molecule has 1 N–H and O–H groups in total. The zero-order valence-corrected chi connectivity index (χ0v) is 15.4. The molecule has 3 nitrogen and oxygen atoms in total. The third-order valence-corrected chi connectivity index (χ3v) is 8.34. The zero-order valence-electron chi connectivity index (χ0n) is 15.4. The van der Waals surface area contributed by atoms with E-state index in [9.17, 15) is 9.90 Å². The number of aliphatic hydroxyl groups excluding tert-OH is 1. The van der Waals surface area contributed by atoms with Crippen molar-refractivity contribution in [3.63, 3.8) is 0 Å². The van der Waals surface area contributed by atoms with Crippen LogP contribution in [0.15, 0.2) is 11.6 Å². The average Bonchev–Trinajstić information content (AvgIpc) is 2.83. The summed E-state index contributed by atoms with van der Waals surface area (Å²) in [6.45, 7) is 6.32. The van der Waals surface area contributed by atoms with Gasteiger partial charge in [0.25, 0.3) is 0 Å². The molecule has 0 aliphatic heterocycles. The number of ether oxygens (including phenoxy) is 1. The normalized spacial score (nSPS) is 50.3. The van der Waals surface area contributed by atoms with E-state index in [2.05, 4.69) is 19.9 Å². The number of aliphatic hydroxyl groups is 1. The number of carbonyl (C=O) groups excluding carboxylic acids is 1. The molecule has 3 heteroatoms. The molecule has 134 valence electrons. The largest absolute Gasteiger partial charge is 0.462 e. The van der Waals surface area contributed by atoms with Gasteiger partial charge in [0.2, 0.25) is 0 Å². The summed E-state index contributed by atoms with van der Waals surface area (Å²) >= 11 is 0. The lowest BCUT2D eigenvalue weighted by Gasteiger charge is -2.57. The molecule has 3 fully saturated rings. The Morgan fingerprint density at radius 1 is 1.17 bits per heavy atom. The molecule has 0 aromatic heterocycles. The van der Waals surface area contributed by atoms with Crippen LogP contribution in [0, 0.1) is 28.6 Å². The van der Waals surface area contributed by atoms with Crippen LogP contribution >= 0.6 is 0 Å². The van der Waals surface area contributed by atoms with E-state index in [-0.39, 0.29) is 29.0 Å². The number of esters is 1. The summed E-state index contributed by atoms with van der Waals surface area (Å²) in [5, 5.41) is 10.5. The molecule has 0 spiro atoms. The van der Waals surface area contributed by atoms with Gasteiger partial charge in [-0.1, -0.05) is 25.5 Å². The third-order valence-electron chi connectivity index (χ3n) is 8.34. The van der Waals surface area contributed by atoms with Gasteiger partial charge in [-0.15, -0.1) is 0 Å². The Kier molecular flexibility index (Phi) is 3.87. The lowest BCUT2D eigenvalue weighted by Crippen LogP contribution is -2.51. The Labute approximate surface area is 145 Å². The highest BCUT2D eigenvalue weighted by molar-refractivity contribution is 5.66. The van der Waals surface area contributed by atoms with Crippen LogP contribution in [0.2, 0.25) is 0 Å². The van der Waals surface area contributed by atoms with Gasteiger partial charge in [0.1, 0.15) is 6.10 Å². The van der Waals surface area contributed by atoms with Crippen LogP contribution in [0.5, 0.6) is 0 Å². The summed E-state index contributed by atoms with van der Waals surface area (Å²) in [4.78, 5) is 11.3. The second-order valence-electron chi connectivity index (χ2n) is 9.37. The highest BCUT2D eigenvalue weighted by atomic mass is 16.5. The average molecular weight is 332 g/mol. The van der Waals surface area contributed by atoms with E-state index in [0.717, 1.165) is 43.9 Å². The summed E-state index contributed by atoms with van der Waals surface area (Å²) in [5.74, 6) is 2.03. The Bertz CT molecular complexity index is 567. The molecule has 4 rings (SSSR count). The minimum absolute atomic E-state index is 0.0838. The smallest absolute Gasteiger partial charge is 0.302 e. The van der Waals surface area contributed by atoms with Gasteiger partial charge < -0.3 is 9.84 Å². The Hall–Kier alpha value is -0.830. The molecule has 0 amide bonds.